The van der Waals surface area contributed by atoms with Gasteiger partial charge in [0.1, 0.15) is 17.7 Å². The summed E-state index contributed by atoms with van der Waals surface area (Å²) < 4.78 is 18.2. The number of aliphatic hydroxyl groups is 1. The van der Waals surface area contributed by atoms with Crippen LogP contribution in [0.5, 0.6) is 0 Å². The molecule has 0 radical (unpaired) electrons. The maximum atomic E-state index is 13.2. The molecule has 116 valence electrons. The van der Waals surface area contributed by atoms with Crippen LogP contribution in [0.25, 0.3) is 0 Å². The lowest BCUT2D eigenvalue weighted by Gasteiger charge is -2.16. The molecule has 0 saturated heterocycles. The van der Waals surface area contributed by atoms with E-state index in [4.69, 9.17) is 4.42 Å². The summed E-state index contributed by atoms with van der Waals surface area (Å²) in [5, 5.41) is 15.3. The van der Waals surface area contributed by atoms with Crippen molar-refractivity contribution in [3.05, 3.63) is 59.3 Å². The third-order valence-electron chi connectivity index (χ3n) is 3.82. The molecule has 0 spiro atoms. The largest absolute Gasteiger partial charge is 0.467 e. The first kappa shape index (κ1) is 14.6. The summed E-state index contributed by atoms with van der Waals surface area (Å²) in [6.07, 6.45) is 2.07. The SMILES string of the molecule is O=C(NCC(O)c1ccco1)NC1CCc2cc(F)ccc21. The molecule has 3 N–H and O–H groups in total. The van der Waals surface area contributed by atoms with Crippen molar-refractivity contribution in [1.29, 1.82) is 0 Å². The van der Waals surface area contributed by atoms with Crippen molar-refractivity contribution in [2.75, 3.05) is 6.54 Å². The second kappa shape index (κ2) is 6.19. The molecule has 2 amide bonds. The minimum absolute atomic E-state index is 0.0579. The standard InChI is InChI=1S/C16H17FN2O3/c17-11-4-5-12-10(8-11)3-6-13(12)19-16(21)18-9-14(20)15-2-1-7-22-15/h1-2,4-5,7-8,13-14,20H,3,6,9H2,(H2,18,19,21). The molecule has 2 aromatic rings. The molecule has 0 saturated carbocycles. The molecule has 22 heavy (non-hydrogen) atoms. The number of nitrogens with one attached hydrogen (secondary N) is 2. The van der Waals surface area contributed by atoms with Crippen LogP contribution in [-0.2, 0) is 6.42 Å². The number of fused-ring (bicyclic) bond motifs is 1. The monoisotopic (exact) mass is 304 g/mol. The number of hydrogen-bond donors (Lipinski definition) is 3. The van der Waals surface area contributed by atoms with Gasteiger partial charge >= 0.3 is 6.03 Å². The van der Waals surface area contributed by atoms with Crippen LogP contribution < -0.4 is 10.6 Å². The first-order chi connectivity index (χ1) is 10.6. The number of amides is 2. The molecule has 0 bridgehead atoms. The Morgan fingerprint density at radius 3 is 3.09 bits per heavy atom. The van der Waals surface area contributed by atoms with Gasteiger partial charge in [-0.1, -0.05) is 6.07 Å². The van der Waals surface area contributed by atoms with Crippen LogP contribution in [-0.4, -0.2) is 17.7 Å². The van der Waals surface area contributed by atoms with Crippen LogP contribution in [0, 0.1) is 5.82 Å². The number of benzene rings is 1. The van der Waals surface area contributed by atoms with Crippen LogP contribution in [0.15, 0.2) is 41.0 Å². The normalized spacial score (nSPS) is 17.8. The van der Waals surface area contributed by atoms with E-state index in [9.17, 15) is 14.3 Å². The maximum absolute atomic E-state index is 13.2. The van der Waals surface area contributed by atoms with Crippen molar-refractivity contribution in [2.24, 2.45) is 0 Å². The number of hydrogen-bond acceptors (Lipinski definition) is 3. The van der Waals surface area contributed by atoms with Gasteiger partial charge in [0.05, 0.1) is 18.8 Å². The van der Waals surface area contributed by atoms with Crippen LogP contribution in [0.4, 0.5) is 9.18 Å². The molecule has 0 fully saturated rings. The topological polar surface area (TPSA) is 74.5 Å². The van der Waals surface area contributed by atoms with Gasteiger partial charge < -0.3 is 20.2 Å². The minimum atomic E-state index is -0.884. The average Bonchev–Trinajstić information content (AvgIpc) is 3.15. The fraction of sp³-hybridized carbons (Fsp3) is 0.312. The zero-order valence-corrected chi connectivity index (χ0v) is 11.9. The Morgan fingerprint density at radius 1 is 1.45 bits per heavy atom. The molecule has 0 aliphatic heterocycles. The molecule has 6 heteroatoms. The smallest absolute Gasteiger partial charge is 0.315 e. The van der Waals surface area contributed by atoms with Gasteiger partial charge in [-0.25, -0.2) is 9.18 Å². The molecule has 1 aromatic heterocycles. The van der Waals surface area contributed by atoms with Gasteiger partial charge in [-0.3, -0.25) is 0 Å². The second-order valence-electron chi connectivity index (χ2n) is 5.32. The summed E-state index contributed by atoms with van der Waals surface area (Å²) in [5.41, 5.74) is 1.88. The number of aliphatic hydroxyl groups excluding tert-OH is 1. The molecular formula is C16H17FN2O3. The fourth-order valence-electron chi connectivity index (χ4n) is 2.72. The first-order valence-corrected chi connectivity index (χ1v) is 7.17. The van der Waals surface area contributed by atoms with Crippen molar-refractivity contribution in [1.82, 2.24) is 10.6 Å². The van der Waals surface area contributed by atoms with Gasteiger partial charge in [-0.05, 0) is 48.2 Å². The Balaban J connectivity index is 1.53. The van der Waals surface area contributed by atoms with Crippen LogP contribution in [0.3, 0.4) is 0 Å². The summed E-state index contributed by atoms with van der Waals surface area (Å²) in [4.78, 5) is 11.9. The maximum Gasteiger partial charge on any atom is 0.315 e. The second-order valence-corrected chi connectivity index (χ2v) is 5.32. The highest BCUT2D eigenvalue weighted by atomic mass is 19.1. The van der Waals surface area contributed by atoms with Crippen LogP contribution in [0.2, 0.25) is 0 Å². The Bertz CT molecular complexity index is 657. The van der Waals surface area contributed by atoms with E-state index in [1.165, 1.54) is 18.4 Å². The number of rotatable bonds is 4. The quantitative estimate of drug-likeness (QED) is 0.812. The average molecular weight is 304 g/mol. The van der Waals surface area contributed by atoms with E-state index in [2.05, 4.69) is 10.6 Å². The Morgan fingerprint density at radius 2 is 2.32 bits per heavy atom. The molecule has 3 rings (SSSR count). The molecule has 1 heterocycles. The highest BCUT2D eigenvalue weighted by molar-refractivity contribution is 5.74. The summed E-state index contributed by atoms with van der Waals surface area (Å²) in [7, 11) is 0. The third-order valence-corrected chi connectivity index (χ3v) is 3.82. The Hall–Kier alpha value is -2.34. The Labute approximate surface area is 127 Å². The summed E-state index contributed by atoms with van der Waals surface area (Å²) in [5.74, 6) is 0.146. The van der Waals surface area contributed by atoms with Crippen molar-refractivity contribution in [2.45, 2.75) is 25.0 Å². The van der Waals surface area contributed by atoms with Gasteiger partial charge in [-0.2, -0.15) is 0 Å². The van der Waals surface area contributed by atoms with Gasteiger partial charge in [0.2, 0.25) is 0 Å². The molecule has 2 unspecified atom stereocenters. The molecule has 5 nitrogen and oxygen atoms in total. The number of carbonyl (C=O) groups excluding carboxylic acids is 1. The first-order valence-electron chi connectivity index (χ1n) is 7.17. The van der Waals surface area contributed by atoms with E-state index < -0.39 is 6.10 Å². The van der Waals surface area contributed by atoms with Gasteiger partial charge in [-0.15, -0.1) is 0 Å². The van der Waals surface area contributed by atoms with Gasteiger partial charge in [0, 0.05) is 0 Å². The lowest BCUT2D eigenvalue weighted by molar-refractivity contribution is 0.147. The molecule has 1 aliphatic carbocycles. The zero-order chi connectivity index (χ0) is 15.5. The zero-order valence-electron chi connectivity index (χ0n) is 11.9. The third kappa shape index (κ3) is 3.12. The molecule has 2 atom stereocenters. The van der Waals surface area contributed by atoms with E-state index in [1.54, 1.807) is 18.2 Å². The number of carbonyl (C=O) groups is 1. The van der Waals surface area contributed by atoms with E-state index in [0.717, 1.165) is 24.0 Å². The van der Waals surface area contributed by atoms with E-state index in [1.807, 2.05) is 0 Å². The lowest BCUT2D eigenvalue weighted by atomic mass is 10.1. The molecule has 1 aliphatic rings. The summed E-state index contributed by atoms with van der Waals surface area (Å²) in [6.45, 7) is 0.0579. The van der Waals surface area contributed by atoms with Crippen LogP contribution >= 0.6 is 0 Å². The predicted molar refractivity (Wildman–Crippen MR) is 77.7 cm³/mol. The van der Waals surface area contributed by atoms with Gasteiger partial charge in [0.25, 0.3) is 0 Å². The summed E-state index contributed by atoms with van der Waals surface area (Å²) >= 11 is 0. The number of urea groups is 1. The van der Waals surface area contributed by atoms with E-state index in [0.29, 0.717) is 5.76 Å². The summed E-state index contributed by atoms with van der Waals surface area (Å²) in [6, 6.07) is 7.44. The van der Waals surface area contributed by atoms with Crippen molar-refractivity contribution < 1.29 is 18.7 Å². The van der Waals surface area contributed by atoms with Crippen molar-refractivity contribution >= 4 is 6.03 Å². The molecule has 1 aromatic carbocycles. The highest BCUT2D eigenvalue weighted by Crippen LogP contribution is 2.31. The van der Waals surface area contributed by atoms with E-state index in [-0.39, 0.29) is 24.4 Å². The number of furan rings is 1. The van der Waals surface area contributed by atoms with Gasteiger partial charge in [0.15, 0.2) is 0 Å². The lowest BCUT2D eigenvalue weighted by Crippen LogP contribution is -2.39. The van der Waals surface area contributed by atoms with Crippen molar-refractivity contribution in [3.63, 3.8) is 0 Å². The van der Waals surface area contributed by atoms with Crippen LogP contribution in [0.1, 0.15) is 35.5 Å². The number of halogens is 1. The number of aryl methyl sites for hydroxylation is 1. The van der Waals surface area contributed by atoms with E-state index >= 15 is 0 Å². The highest BCUT2D eigenvalue weighted by Gasteiger charge is 2.24. The van der Waals surface area contributed by atoms with Crippen molar-refractivity contribution in [3.8, 4) is 0 Å². The predicted octanol–water partition coefficient (Wildman–Crippen LogP) is 2.44. The molecular weight excluding hydrogens is 287 g/mol. The fourth-order valence-corrected chi connectivity index (χ4v) is 2.72. The minimum Gasteiger partial charge on any atom is -0.467 e. The Kier molecular flexibility index (Phi) is 4.11.